The molecule has 1 aliphatic heterocycles. The molecule has 0 saturated carbocycles. The van der Waals surface area contributed by atoms with E-state index in [1.165, 1.54) is 27.3 Å². The van der Waals surface area contributed by atoms with E-state index in [2.05, 4.69) is 10.1 Å². The van der Waals surface area contributed by atoms with E-state index in [1.54, 1.807) is 6.20 Å². The Morgan fingerprint density at radius 3 is 2.90 bits per heavy atom. The zero-order valence-corrected chi connectivity index (χ0v) is 17.9. The lowest BCUT2D eigenvalue weighted by molar-refractivity contribution is -0.113. The predicted octanol–water partition coefficient (Wildman–Crippen LogP) is 5.01. The van der Waals surface area contributed by atoms with Crippen LogP contribution >= 0.6 is 11.3 Å². The van der Waals surface area contributed by atoms with Crippen molar-refractivity contribution in [2.75, 3.05) is 6.61 Å². The van der Waals surface area contributed by atoms with Gasteiger partial charge in [0.05, 0.1) is 22.0 Å². The number of hydrogen-bond donors (Lipinski definition) is 0. The van der Waals surface area contributed by atoms with Crippen LogP contribution in [0.4, 0.5) is 5.69 Å². The molecule has 1 unspecified atom stereocenters. The first-order valence-electron chi connectivity index (χ1n) is 10.0. The van der Waals surface area contributed by atoms with Gasteiger partial charge < -0.3 is 4.74 Å². The topological polar surface area (TPSA) is 76.8 Å². The lowest BCUT2D eigenvalue weighted by Gasteiger charge is -2.23. The molecule has 2 aromatic rings. The number of hydrogen-bond acceptors (Lipinski definition) is 6. The molecule has 3 heterocycles. The quantitative estimate of drug-likeness (QED) is 0.372. The number of rotatable bonds is 5. The van der Waals surface area contributed by atoms with Crippen molar-refractivity contribution in [3.63, 3.8) is 0 Å². The summed E-state index contributed by atoms with van der Waals surface area (Å²) in [5.74, 6) is 0. The Hall–Kier alpha value is -2.84. The molecule has 1 amide bonds. The number of aromatic nitrogens is 2. The largest absolute Gasteiger partial charge is 0.356 e. The van der Waals surface area contributed by atoms with Gasteiger partial charge in [0.15, 0.2) is 6.23 Å². The third-order valence-electron chi connectivity index (χ3n) is 5.23. The van der Waals surface area contributed by atoms with Gasteiger partial charge in [0.25, 0.3) is 5.56 Å². The molecule has 31 heavy (non-hydrogen) atoms. The summed E-state index contributed by atoms with van der Waals surface area (Å²) in [6.45, 7) is 4.56. The van der Waals surface area contributed by atoms with Crippen LogP contribution in [0.3, 0.4) is 0 Å². The maximum atomic E-state index is 13.2. The highest BCUT2D eigenvalue weighted by atomic mass is 32.1. The van der Waals surface area contributed by atoms with Crippen molar-refractivity contribution in [2.24, 2.45) is 4.99 Å². The van der Waals surface area contributed by atoms with Gasteiger partial charge in [-0.1, -0.05) is 31.2 Å². The molecule has 0 spiro atoms. The van der Waals surface area contributed by atoms with Crippen LogP contribution in [-0.4, -0.2) is 34.0 Å². The fourth-order valence-electron chi connectivity index (χ4n) is 3.61. The van der Waals surface area contributed by atoms with E-state index < -0.39 is 0 Å². The summed E-state index contributed by atoms with van der Waals surface area (Å²) in [6.07, 6.45) is 14.9. The molecule has 1 saturated heterocycles. The number of fused-ring (bicyclic) bond motifs is 1. The lowest BCUT2D eigenvalue weighted by Crippen LogP contribution is -2.30. The van der Waals surface area contributed by atoms with Crippen molar-refractivity contribution in [1.82, 2.24) is 14.7 Å². The third-order valence-corrected chi connectivity index (χ3v) is 6.26. The number of thiophene rings is 1. The molecule has 1 atom stereocenters. The number of amides is 1. The van der Waals surface area contributed by atoms with E-state index in [9.17, 15) is 9.59 Å². The van der Waals surface area contributed by atoms with E-state index in [0.717, 1.165) is 46.5 Å². The molecule has 164 valence electrons. The van der Waals surface area contributed by atoms with Crippen LogP contribution in [0.2, 0.25) is 0 Å². The Kier molecular flexibility index (Phi) is 7.35. The van der Waals surface area contributed by atoms with Crippen LogP contribution in [0.15, 0.2) is 51.6 Å². The molecule has 1 aliphatic carbocycles. The second kappa shape index (κ2) is 9.98. The number of carbonyl (C=O) groups excluding carboxylic acids is 1. The predicted molar refractivity (Wildman–Crippen MR) is 126 cm³/mol. The Labute approximate surface area is 186 Å². The number of carbonyl (C=O) groups is 1. The van der Waals surface area contributed by atoms with Crippen molar-refractivity contribution >= 4 is 39.9 Å². The molecule has 4 rings (SSSR count). The van der Waals surface area contributed by atoms with Crippen molar-refractivity contribution in [3.8, 4) is 0 Å². The maximum Gasteiger partial charge on any atom is 0.280 e. The Balaban J connectivity index is 0.00000272. The molecule has 0 bridgehead atoms. The van der Waals surface area contributed by atoms with E-state index in [4.69, 9.17) is 4.74 Å². The lowest BCUT2D eigenvalue weighted by atomic mass is 10.2. The van der Waals surface area contributed by atoms with Crippen LogP contribution in [-0.2, 0) is 9.53 Å². The highest BCUT2D eigenvalue weighted by Gasteiger charge is 2.21. The monoisotopic (exact) mass is 440 g/mol. The van der Waals surface area contributed by atoms with Crippen LogP contribution in [0.5, 0.6) is 0 Å². The average Bonchev–Trinajstić information content (AvgIpc) is 2.92. The van der Waals surface area contributed by atoms with Gasteiger partial charge in [-0.05, 0) is 39.2 Å². The fourth-order valence-corrected chi connectivity index (χ4v) is 4.58. The number of aliphatic imine (C=N–C) groups is 1. The first kappa shape index (κ1) is 22.8. The van der Waals surface area contributed by atoms with Crippen LogP contribution < -0.4 is 5.56 Å². The van der Waals surface area contributed by atoms with Crippen LogP contribution in [0, 0.1) is 6.92 Å². The smallest absolute Gasteiger partial charge is 0.280 e. The molecule has 0 N–H and O–H groups in total. The fraction of sp³-hybridized carbons (Fsp3) is 0.391. The molecular weight excluding hydrogens is 412 g/mol. The molecule has 1 fully saturated rings. The highest BCUT2D eigenvalue weighted by molar-refractivity contribution is 7.19. The van der Waals surface area contributed by atoms with Gasteiger partial charge in [0.2, 0.25) is 6.41 Å². The molecule has 0 radical (unpaired) electrons. The normalized spacial score (nSPS) is 19.0. The number of aryl methyl sites for hydroxylation is 1. The Morgan fingerprint density at radius 1 is 1.32 bits per heavy atom. The number of nitrogens with zero attached hydrogens (tertiary/aromatic N) is 4. The first-order chi connectivity index (χ1) is 14.6. The van der Waals surface area contributed by atoms with E-state index >= 15 is 0 Å². The summed E-state index contributed by atoms with van der Waals surface area (Å²) >= 11 is 1.47. The molecular formula is C23H28N4O3S. The van der Waals surface area contributed by atoms with E-state index in [-0.39, 0.29) is 19.2 Å². The Bertz CT molecular complexity index is 1130. The van der Waals surface area contributed by atoms with Crippen molar-refractivity contribution < 1.29 is 9.53 Å². The van der Waals surface area contributed by atoms with Gasteiger partial charge in [0.1, 0.15) is 6.34 Å². The highest BCUT2D eigenvalue weighted by Crippen LogP contribution is 2.35. The minimum Gasteiger partial charge on any atom is -0.356 e. The standard InChI is InChI=1S/C22H24N4O3S.CH4/c1-15-6-5-7-17(10-9-15)25(14-27)13-23-21-16(2)30-18-12-24-26(22(28)20(18)21)19-8-3-4-11-29-19;/h5-6,9-10,12-14,19H,3-4,7-8,11H2,1-2H3;1H4. The SMILES string of the molecule is C.CC1=CC=C(N(C=O)C=Nc2c(C)sc3cnn(C4CCCCO4)c(=O)c23)CC=C1. The van der Waals surface area contributed by atoms with Crippen LogP contribution in [0.25, 0.3) is 10.1 Å². The molecule has 2 aliphatic rings. The van der Waals surface area contributed by atoms with Gasteiger partial charge in [-0.25, -0.2) is 9.67 Å². The first-order valence-corrected chi connectivity index (χ1v) is 10.8. The summed E-state index contributed by atoms with van der Waals surface area (Å²) in [4.78, 5) is 31.8. The minimum atomic E-state index is -0.336. The number of allylic oxidation sites excluding steroid dienone is 5. The summed E-state index contributed by atoms with van der Waals surface area (Å²) in [6, 6.07) is 0. The minimum absolute atomic E-state index is 0. The van der Waals surface area contributed by atoms with Gasteiger partial charge in [-0.15, -0.1) is 11.3 Å². The summed E-state index contributed by atoms with van der Waals surface area (Å²) in [7, 11) is 0. The van der Waals surface area contributed by atoms with Gasteiger partial charge in [-0.3, -0.25) is 14.5 Å². The molecule has 0 aromatic carbocycles. The number of ether oxygens (including phenoxy) is 1. The van der Waals surface area contributed by atoms with E-state index in [1.807, 2.05) is 38.2 Å². The molecule has 8 heteroatoms. The van der Waals surface area contributed by atoms with E-state index in [0.29, 0.717) is 24.1 Å². The summed E-state index contributed by atoms with van der Waals surface area (Å²) in [5.41, 5.74) is 2.30. The van der Waals surface area contributed by atoms with Crippen LogP contribution in [0.1, 0.15) is 51.1 Å². The second-order valence-electron chi connectivity index (χ2n) is 7.39. The summed E-state index contributed by atoms with van der Waals surface area (Å²) < 4.78 is 7.96. The Morgan fingerprint density at radius 2 is 2.16 bits per heavy atom. The average molecular weight is 441 g/mol. The van der Waals surface area contributed by atoms with Gasteiger partial charge >= 0.3 is 0 Å². The van der Waals surface area contributed by atoms with Crippen molar-refractivity contribution in [2.45, 2.75) is 53.2 Å². The third kappa shape index (κ3) is 4.75. The summed E-state index contributed by atoms with van der Waals surface area (Å²) in [5, 5.41) is 4.86. The maximum absolute atomic E-state index is 13.2. The molecule has 2 aromatic heterocycles. The zero-order chi connectivity index (χ0) is 21.1. The van der Waals surface area contributed by atoms with Crippen molar-refractivity contribution in [3.05, 3.63) is 57.0 Å². The van der Waals surface area contributed by atoms with Crippen molar-refractivity contribution in [1.29, 1.82) is 0 Å². The second-order valence-corrected chi connectivity index (χ2v) is 8.65. The van der Waals surface area contributed by atoms with Gasteiger partial charge in [0, 0.05) is 23.6 Å². The molecule has 7 nitrogen and oxygen atoms in total. The van der Waals surface area contributed by atoms with Gasteiger partial charge in [-0.2, -0.15) is 5.10 Å². The zero-order valence-electron chi connectivity index (χ0n) is 17.1.